The molecule has 0 bridgehead atoms. The summed E-state index contributed by atoms with van der Waals surface area (Å²) in [7, 11) is 3.82. The normalized spacial score (nSPS) is 10.2. The van der Waals surface area contributed by atoms with Gasteiger partial charge in [-0.15, -0.1) is 0 Å². The van der Waals surface area contributed by atoms with Crippen molar-refractivity contribution in [1.82, 2.24) is 10.3 Å². The second-order valence-corrected chi connectivity index (χ2v) is 5.41. The minimum atomic E-state index is -0.253. The summed E-state index contributed by atoms with van der Waals surface area (Å²) in [5.74, 6) is 0.835. The van der Waals surface area contributed by atoms with Gasteiger partial charge >= 0.3 is 6.03 Å². The number of benzene rings is 1. The third-order valence-corrected chi connectivity index (χ3v) is 3.37. The Balaban J connectivity index is 1.76. The van der Waals surface area contributed by atoms with Crippen molar-refractivity contribution in [3.63, 3.8) is 0 Å². The van der Waals surface area contributed by atoms with E-state index in [2.05, 4.69) is 15.6 Å². The van der Waals surface area contributed by atoms with Gasteiger partial charge in [0.05, 0.1) is 18.5 Å². The van der Waals surface area contributed by atoms with Crippen LogP contribution in [0.25, 0.3) is 0 Å². The van der Waals surface area contributed by atoms with Crippen LogP contribution in [0, 0.1) is 0 Å². The highest BCUT2D eigenvalue weighted by molar-refractivity contribution is 5.89. The molecule has 0 unspecified atom stereocenters. The Hall–Kier alpha value is -2.60. The van der Waals surface area contributed by atoms with Gasteiger partial charge < -0.3 is 20.6 Å². The van der Waals surface area contributed by atoms with Crippen LogP contribution >= 0.6 is 0 Å². The Morgan fingerprint density at radius 3 is 2.39 bits per heavy atom. The van der Waals surface area contributed by atoms with Gasteiger partial charge in [-0.2, -0.15) is 0 Å². The highest BCUT2D eigenvalue weighted by atomic mass is 16.3. The summed E-state index contributed by atoms with van der Waals surface area (Å²) in [5, 5.41) is 14.5. The molecule has 122 valence electrons. The van der Waals surface area contributed by atoms with E-state index < -0.39 is 0 Å². The molecular formula is C17H22N4O2. The highest BCUT2D eigenvalue weighted by Gasteiger charge is 2.03. The summed E-state index contributed by atoms with van der Waals surface area (Å²) in [4.78, 5) is 18.0. The molecule has 6 nitrogen and oxygen atoms in total. The van der Waals surface area contributed by atoms with Crippen molar-refractivity contribution in [3.05, 3.63) is 53.7 Å². The third-order valence-electron chi connectivity index (χ3n) is 3.37. The number of aromatic nitrogens is 1. The van der Waals surface area contributed by atoms with Crippen LogP contribution in [0.1, 0.15) is 11.1 Å². The summed E-state index contributed by atoms with van der Waals surface area (Å²) in [6, 6.07) is 11.1. The molecular weight excluding hydrogens is 292 g/mol. The van der Waals surface area contributed by atoms with E-state index in [0.29, 0.717) is 12.2 Å². The molecule has 0 spiro atoms. The van der Waals surface area contributed by atoms with Crippen LogP contribution in [0.4, 0.5) is 16.3 Å². The zero-order chi connectivity index (χ0) is 16.7. The molecule has 23 heavy (non-hydrogen) atoms. The Kier molecular flexibility index (Phi) is 5.94. The van der Waals surface area contributed by atoms with Gasteiger partial charge in [0.15, 0.2) is 0 Å². The molecule has 0 saturated carbocycles. The summed E-state index contributed by atoms with van der Waals surface area (Å²) >= 11 is 0. The fourth-order valence-electron chi connectivity index (χ4n) is 2.03. The fourth-order valence-corrected chi connectivity index (χ4v) is 2.03. The molecule has 0 fully saturated rings. The lowest BCUT2D eigenvalue weighted by Gasteiger charge is -2.12. The number of carbonyl (C=O) groups excluding carboxylic acids is 1. The van der Waals surface area contributed by atoms with E-state index in [1.807, 2.05) is 55.4 Å². The number of carbonyl (C=O) groups is 1. The fraction of sp³-hybridized carbons (Fsp3) is 0.294. The average Bonchev–Trinajstić information content (AvgIpc) is 2.56. The second-order valence-electron chi connectivity index (χ2n) is 5.41. The first-order valence-electron chi connectivity index (χ1n) is 7.45. The lowest BCUT2D eigenvalue weighted by Crippen LogP contribution is -2.30. The Bertz CT molecular complexity index is 624. The first-order chi connectivity index (χ1) is 11.1. The van der Waals surface area contributed by atoms with E-state index in [4.69, 9.17) is 5.11 Å². The van der Waals surface area contributed by atoms with Crippen molar-refractivity contribution in [3.8, 4) is 0 Å². The number of aliphatic hydroxyl groups is 1. The van der Waals surface area contributed by atoms with Crippen LogP contribution in [0.2, 0.25) is 0 Å². The van der Waals surface area contributed by atoms with Gasteiger partial charge in [0.1, 0.15) is 5.82 Å². The highest BCUT2D eigenvalue weighted by Crippen LogP contribution is 2.11. The zero-order valence-corrected chi connectivity index (χ0v) is 13.4. The molecule has 1 aromatic carbocycles. The molecule has 1 aromatic heterocycles. The molecule has 2 aromatic rings. The van der Waals surface area contributed by atoms with Gasteiger partial charge in [-0.05, 0) is 29.7 Å². The molecule has 0 aliphatic carbocycles. The molecule has 0 radical (unpaired) electrons. The van der Waals surface area contributed by atoms with Gasteiger partial charge in [-0.1, -0.05) is 24.3 Å². The molecule has 0 aliphatic heterocycles. The third kappa shape index (κ3) is 5.27. The van der Waals surface area contributed by atoms with Gasteiger partial charge in [0, 0.05) is 20.6 Å². The molecule has 2 amide bonds. The van der Waals surface area contributed by atoms with Crippen LogP contribution in [0.15, 0.2) is 42.6 Å². The summed E-state index contributed by atoms with van der Waals surface area (Å²) in [6.45, 7) is 0.578. The van der Waals surface area contributed by atoms with Crippen molar-refractivity contribution < 1.29 is 9.90 Å². The molecule has 6 heteroatoms. The van der Waals surface area contributed by atoms with Gasteiger partial charge in [-0.25, -0.2) is 9.78 Å². The number of anilines is 2. The van der Waals surface area contributed by atoms with Gasteiger partial charge in [0.2, 0.25) is 0 Å². The van der Waals surface area contributed by atoms with Crippen LogP contribution in [-0.2, 0) is 13.0 Å². The number of hydrogen-bond acceptors (Lipinski definition) is 4. The minimum Gasteiger partial charge on any atom is -0.392 e. The Morgan fingerprint density at radius 2 is 1.83 bits per heavy atom. The Labute approximate surface area is 136 Å². The number of pyridine rings is 1. The Morgan fingerprint density at radius 1 is 1.13 bits per heavy atom. The summed E-state index contributed by atoms with van der Waals surface area (Å²) in [6.07, 6.45) is 2.36. The van der Waals surface area contributed by atoms with Crippen molar-refractivity contribution in [2.24, 2.45) is 0 Å². The van der Waals surface area contributed by atoms with Crippen molar-refractivity contribution >= 4 is 17.5 Å². The minimum absolute atomic E-state index is 0.0432. The number of aliphatic hydroxyl groups excluding tert-OH is 1. The summed E-state index contributed by atoms with van der Waals surface area (Å²) in [5.41, 5.74) is 2.65. The van der Waals surface area contributed by atoms with Crippen molar-refractivity contribution in [1.29, 1.82) is 0 Å². The van der Waals surface area contributed by atoms with Crippen LogP contribution < -0.4 is 15.5 Å². The number of nitrogens with one attached hydrogen (secondary N) is 2. The second kappa shape index (κ2) is 8.14. The number of nitrogens with zero attached hydrogens (tertiary/aromatic N) is 2. The van der Waals surface area contributed by atoms with Crippen LogP contribution in [0.3, 0.4) is 0 Å². The van der Waals surface area contributed by atoms with E-state index in [9.17, 15) is 4.79 Å². The maximum atomic E-state index is 11.8. The maximum absolute atomic E-state index is 11.8. The number of rotatable bonds is 6. The van der Waals surface area contributed by atoms with Gasteiger partial charge in [-0.3, -0.25) is 0 Å². The summed E-state index contributed by atoms with van der Waals surface area (Å²) < 4.78 is 0. The first-order valence-corrected chi connectivity index (χ1v) is 7.45. The van der Waals surface area contributed by atoms with Gasteiger partial charge in [0.25, 0.3) is 0 Å². The predicted octanol–water partition coefficient (Wildman–Crippen LogP) is 2.00. The van der Waals surface area contributed by atoms with E-state index in [0.717, 1.165) is 23.4 Å². The molecule has 0 atom stereocenters. The van der Waals surface area contributed by atoms with E-state index in [1.54, 1.807) is 6.20 Å². The molecule has 3 N–H and O–H groups in total. The number of urea groups is 1. The largest absolute Gasteiger partial charge is 0.392 e. The monoisotopic (exact) mass is 314 g/mol. The lowest BCUT2D eigenvalue weighted by atomic mass is 10.1. The van der Waals surface area contributed by atoms with Crippen molar-refractivity contribution in [2.75, 3.05) is 30.9 Å². The molecule has 2 rings (SSSR count). The number of hydrogen-bond donors (Lipinski definition) is 3. The average molecular weight is 314 g/mol. The first kappa shape index (κ1) is 16.8. The quantitative estimate of drug-likeness (QED) is 0.762. The van der Waals surface area contributed by atoms with Crippen molar-refractivity contribution in [2.45, 2.75) is 13.0 Å². The van der Waals surface area contributed by atoms with Crippen LogP contribution in [-0.4, -0.2) is 36.8 Å². The van der Waals surface area contributed by atoms with Crippen LogP contribution in [0.5, 0.6) is 0 Å². The lowest BCUT2D eigenvalue weighted by molar-refractivity contribution is 0.252. The standard InChI is InChI=1S/C17H22N4O2/c1-21(2)16-8-7-15(11-19-16)20-17(23)18-10-9-13-3-5-14(12-22)6-4-13/h3-8,11,22H,9-10,12H2,1-2H3,(H2,18,20,23). The topological polar surface area (TPSA) is 77.5 Å². The van der Waals surface area contributed by atoms with E-state index >= 15 is 0 Å². The SMILES string of the molecule is CN(C)c1ccc(NC(=O)NCCc2ccc(CO)cc2)cn1. The maximum Gasteiger partial charge on any atom is 0.319 e. The van der Waals surface area contributed by atoms with E-state index in [-0.39, 0.29) is 12.6 Å². The molecule has 1 heterocycles. The molecule has 0 saturated heterocycles. The number of amides is 2. The zero-order valence-electron chi connectivity index (χ0n) is 13.4. The molecule has 0 aliphatic rings. The predicted molar refractivity (Wildman–Crippen MR) is 91.7 cm³/mol. The smallest absolute Gasteiger partial charge is 0.319 e. The van der Waals surface area contributed by atoms with E-state index in [1.165, 1.54) is 0 Å².